The molecule has 0 aromatic carbocycles. The van der Waals surface area contributed by atoms with Gasteiger partial charge in [0.25, 0.3) is 5.56 Å². The molecular formula is C17H20N4O4. The van der Waals surface area contributed by atoms with E-state index in [2.05, 4.69) is 5.10 Å². The summed E-state index contributed by atoms with van der Waals surface area (Å²) < 4.78 is 3.02. The smallest absolute Gasteiger partial charge is 0.341 e. The highest BCUT2D eigenvalue weighted by Gasteiger charge is 2.27. The van der Waals surface area contributed by atoms with Gasteiger partial charge in [-0.15, -0.1) is 0 Å². The van der Waals surface area contributed by atoms with Crippen LogP contribution in [0.3, 0.4) is 0 Å². The molecule has 1 amide bonds. The molecule has 0 radical (unpaired) electrons. The Kier molecular flexibility index (Phi) is 4.43. The number of amides is 1. The lowest BCUT2D eigenvalue weighted by Crippen LogP contribution is -2.38. The fraction of sp³-hybridized carbons (Fsp3) is 0.412. The summed E-state index contributed by atoms with van der Waals surface area (Å²) in [6.07, 6.45) is 6.15. The minimum absolute atomic E-state index is 0.0731. The normalized spacial score (nSPS) is 13.6. The number of nitrogens with zero attached hydrogens (tertiary/aromatic N) is 4. The van der Waals surface area contributed by atoms with E-state index >= 15 is 0 Å². The van der Waals surface area contributed by atoms with Crippen LogP contribution in [-0.2, 0) is 24.3 Å². The van der Waals surface area contributed by atoms with Crippen molar-refractivity contribution in [2.45, 2.75) is 39.8 Å². The van der Waals surface area contributed by atoms with Gasteiger partial charge >= 0.3 is 5.97 Å². The highest BCUT2D eigenvalue weighted by Crippen LogP contribution is 2.22. The molecule has 2 aromatic heterocycles. The number of fused-ring (bicyclic) bond motifs is 1. The molecule has 25 heavy (non-hydrogen) atoms. The molecule has 0 saturated carbocycles. The van der Waals surface area contributed by atoms with Crippen molar-refractivity contribution < 1.29 is 14.7 Å². The second-order valence-corrected chi connectivity index (χ2v) is 6.14. The van der Waals surface area contributed by atoms with Crippen molar-refractivity contribution in [1.29, 1.82) is 0 Å². The monoisotopic (exact) mass is 344 g/mol. The van der Waals surface area contributed by atoms with E-state index < -0.39 is 11.5 Å². The van der Waals surface area contributed by atoms with E-state index in [1.54, 1.807) is 28.2 Å². The number of hydrogen-bond acceptors (Lipinski definition) is 4. The van der Waals surface area contributed by atoms with E-state index in [-0.39, 0.29) is 11.5 Å². The van der Waals surface area contributed by atoms with Gasteiger partial charge < -0.3 is 10.0 Å². The molecule has 0 fully saturated rings. The van der Waals surface area contributed by atoms with Crippen LogP contribution in [0.5, 0.6) is 0 Å². The minimum Gasteiger partial charge on any atom is -0.477 e. The van der Waals surface area contributed by atoms with Gasteiger partial charge in [0.2, 0.25) is 5.91 Å². The van der Waals surface area contributed by atoms with E-state index in [1.165, 1.54) is 11.5 Å². The highest BCUT2D eigenvalue weighted by atomic mass is 16.4. The molecule has 132 valence electrons. The molecule has 0 spiro atoms. The van der Waals surface area contributed by atoms with Crippen LogP contribution >= 0.6 is 0 Å². The van der Waals surface area contributed by atoms with Gasteiger partial charge in [0.1, 0.15) is 5.56 Å². The summed E-state index contributed by atoms with van der Waals surface area (Å²) in [5.41, 5.74) is 0.931. The lowest BCUT2D eigenvalue weighted by molar-refractivity contribution is -0.129. The maximum Gasteiger partial charge on any atom is 0.341 e. The number of carbonyl (C=O) groups is 2. The van der Waals surface area contributed by atoms with Crippen LogP contribution in [0.1, 0.15) is 41.8 Å². The highest BCUT2D eigenvalue weighted by molar-refractivity contribution is 5.89. The zero-order valence-electron chi connectivity index (χ0n) is 14.2. The molecule has 1 aliphatic heterocycles. The number of carboxylic acid groups (broad SMARTS) is 1. The van der Waals surface area contributed by atoms with Gasteiger partial charge in [-0.05, 0) is 24.0 Å². The van der Waals surface area contributed by atoms with Crippen LogP contribution < -0.4 is 5.56 Å². The van der Waals surface area contributed by atoms with E-state index in [9.17, 15) is 19.5 Å². The predicted octanol–water partition coefficient (Wildman–Crippen LogP) is 1.05. The van der Waals surface area contributed by atoms with Crippen LogP contribution in [-0.4, -0.2) is 42.8 Å². The van der Waals surface area contributed by atoms with Gasteiger partial charge in [-0.2, -0.15) is 5.10 Å². The van der Waals surface area contributed by atoms with E-state index in [0.717, 1.165) is 6.42 Å². The van der Waals surface area contributed by atoms with E-state index in [1.807, 2.05) is 6.92 Å². The van der Waals surface area contributed by atoms with Gasteiger partial charge in [-0.1, -0.05) is 6.92 Å². The van der Waals surface area contributed by atoms with Crippen LogP contribution in [0.15, 0.2) is 23.4 Å². The number of aromatic carboxylic acids is 1. The van der Waals surface area contributed by atoms with Crippen molar-refractivity contribution in [3.8, 4) is 5.69 Å². The largest absolute Gasteiger partial charge is 0.477 e. The number of aryl methyl sites for hydroxylation is 1. The Balaban J connectivity index is 2.14. The molecule has 0 saturated heterocycles. The molecule has 8 nitrogen and oxygen atoms in total. The molecule has 2 aromatic rings. The van der Waals surface area contributed by atoms with Gasteiger partial charge in [0.15, 0.2) is 0 Å². The van der Waals surface area contributed by atoms with Gasteiger partial charge in [0.05, 0.1) is 11.9 Å². The summed E-state index contributed by atoms with van der Waals surface area (Å²) in [4.78, 5) is 37.7. The number of hydrogen-bond donors (Lipinski definition) is 1. The zero-order chi connectivity index (χ0) is 18.1. The number of pyridine rings is 1. The first-order valence-corrected chi connectivity index (χ1v) is 8.21. The molecule has 0 bridgehead atoms. The summed E-state index contributed by atoms with van der Waals surface area (Å²) >= 11 is 0. The maximum absolute atomic E-state index is 12.7. The molecule has 0 atom stereocenters. The Morgan fingerprint density at radius 3 is 2.72 bits per heavy atom. The van der Waals surface area contributed by atoms with Crippen LogP contribution in [0.25, 0.3) is 5.69 Å². The summed E-state index contributed by atoms with van der Waals surface area (Å²) in [6.45, 7) is 4.93. The zero-order valence-corrected chi connectivity index (χ0v) is 14.2. The first-order valence-electron chi connectivity index (χ1n) is 8.21. The summed E-state index contributed by atoms with van der Waals surface area (Å²) in [7, 11) is 0. The minimum atomic E-state index is -1.24. The van der Waals surface area contributed by atoms with E-state index in [4.69, 9.17) is 0 Å². The molecule has 1 aliphatic rings. The molecule has 1 N–H and O–H groups in total. The lowest BCUT2D eigenvalue weighted by atomic mass is 9.96. The van der Waals surface area contributed by atoms with Crippen LogP contribution in [0.2, 0.25) is 0 Å². The molecular weight excluding hydrogens is 324 g/mol. The Morgan fingerprint density at radius 1 is 1.32 bits per heavy atom. The average molecular weight is 344 g/mol. The maximum atomic E-state index is 12.7. The van der Waals surface area contributed by atoms with E-state index in [0.29, 0.717) is 42.9 Å². The number of carboxylic acids is 1. The van der Waals surface area contributed by atoms with Crippen molar-refractivity contribution in [3.05, 3.63) is 45.6 Å². The third-order valence-electron chi connectivity index (χ3n) is 4.41. The van der Waals surface area contributed by atoms with Crippen LogP contribution in [0, 0.1) is 0 Å². The quantitative estimate of drug-likeness (QED) is 0.894. The summed E-state index contributed by atoms with van der Waals surface area (Å²) in [5, 5.41) is 13.7. The number of aromatic nitrogens is 3. The Hall–Kier alpha value is -2.90. The van der Waals surface area contributed by atoms with Crippen molar-refractivity contribution in [2.75, 3.05) is 6.54 Å². The predicted molar refractivity (Wildman–Crippen MR) is 89.9 cm³/mol. The number of rotatable bonds is 4. The molecule has 3 heterocycles. The Labute approximate surface area is 144 Å². The SMILES string of the molecule is CCCn1cc(-n2cc3c(c(C(=O)O)c2=O)CCN(C(C)=O)C3)cn1. The first kappa shape index (κ1) is 16.9. The Bertz CT molecular complexity index is 897. The van der Waals surface area contributed by atoms with Crippen molar-refractivity contribution in [2.24, 2.45) is 0 Å². The van der Waals surface area contributed by atoms with Gasteiger partial charge in [-0.25, -0.2) is 4.79 Å². The summed E-state index contributed by atoms with van der Waals surface area (Å²) in [6, 6.07) is 0. The van der Waals surface area contributed by atoms with Gasteiger partial charge in [0, 0.05) is 39.0 Å². The van der Waals surface area contributed by atoms with Crippen LogP contribution in [0.4, 0.5) is 0 Å². The third-order valence-corrected chi connectivity index (χ3v) is 4.41. The second kappa shape index (κ2) is 6.54. The molecule has 0 unspecified atom stereocenters. The van der Waals surface area contributed by atoms with Crippen molar-refractivity contribution in [3.63, 3.8) is 0 Å². The fourth-order valence-electron chi connectivity index (χ4n) is 3.17. The van der Waals surface area contributed by atoms with Crippen molar-refractivity contribution >= 4 is 11.9 Å². The standard InChI is InChI=1S/C17H20N4O4/c1-3-5-20-10-13(7-18-20)21-9-12-8-19(11(2)22)6-4-14(12)15(16(21)23)17(24)25/h7,9-10H,3-6,8H2,1-2H3,(H,24,25). The Morgan fingerprint density at radius 2 is 2.08 bits per heavy atom. The topological polar surface area (TPSA) is 97.4 Å². The molecule has 8 heteroatoms. The van der Waals surface area contributed by atoms with Crippen molar-refractivity contribution in [1.82, 2.24) is 19.2 Å². The lowest BCUT2D eigenvalue weighted by Gasteiger charge is -2.29. The second-order valence-electron chi connectivity index (χ2n) is 6.14. The fourth-order valence-corrected chi connectivity index (χ4v) is 3.17. The molecule has 0 aliphatic carbocycles. The number of carbonyl (C=O) groups excluding carboxylic acids is 1. The molecule has 3 rings (SSSR count). The third kappa shape index (κ3) is 3.07. The average Bonchev–Trinajstić information content (AvgIpc) is 3.02. The first-order chi connectivity index (χ1) is 11.9. The summed E-state index contributed by atoms with van der Waals surface area (Å²) in [5.74, 6) is -1.32. The van der Waals surface area contributed by atoms with Gasteiger partial charge in [-0.3, -0.25) is 18.8 Å².